The Morgan fingerprint density at radius 1 is 0.964 bits per heavy atom. The van der Waals surface area contributed by atoms with Gasteiger partial charge in [-0.3, -0.25) is 4.79 Å². The van der Waals surface area contributed by atoms with Crippen LogP contribution in [0.4, 0.5) is 0 Å². The summed E-state index contributed by atoms with van der Waals surface area (Å²) < 4.78 is 4.84. The molecule has 0 aromatic rings. The minimum absolute atomic E-state index is 0.0410. The monoisotopic (exact) mass is 388 g/mol. The molecule has 4 aliphatic carbocycles. The van der Waals surface area contributed by atoms with Gasteiger partial charge in [-0.15, -0.1) is 0 Å². The second kappa shape index (κ2) is 7.95. The summed E-state index contributed by atoms with van der Waals surface area (Å²) in [5.41, 5.74) is 1.22. The molecule has 28 heavy (non-hydrogen) atoms. The Balaban J connectivity index is 1.44. The van der Waals surface area contributed by atoms with Crippen molar-refractivity contribution in [1.29, 1.82) is 0 Å². The standard InChI is InChI=1S/C26H44O2/c1-18(8-7-10-24(27)28-4)21-13-14-22-20-12-11-19-9-5-6-16-25(19,2)23(20)15-17-26(21,22)3/h18-23H,5-17H2,1-4H3/t18?,19?,20-,21+,22-,23-,25-,26+/m0/s1. The highest BCUT2D eigenvalue weighted by molar-refractivity contribution is 5.68. The molecule has 2 nitrogen and oxygen atoms in total. The average Bonchev–Trinajstić information content (AvgIpc) is 3.04. The van der Waals surface area contributed by atoms with Crippen molar-refractivity contribution in [2.24, 2.45) is 46.3 Å². The normalized spacial score (nSPS) is 46.2. The molecule has 2 heteroatoms. The van der Waals surface area contributed by atoms with Crippen molar-refractivity contribution in [3.05, 3.63) is 0 Å². The first-order valence-corrected chi connectivity index (χ1v) is 12.5. The molecular weight excluding hydrogens is 344 g/mol. The molecule has 4 fully saturated rings. The number of fused-ring (bicyclic) bond motifs is 5. The van der Waals surface area contributed by atoms with Gasteiger partial charge in [0.1, 0.15) is 0 Å². The highest BCUT2D eigenvalue weighted by atomic mass is 16.5. The molecule has 0 bridgehead atoms. The van der Waals surface area contributed by atoms with Crippen LogP contribution in [0.1, 0.15) is 104 Å². The topological polar surface area (TPSA) is 26.3 Å². The Hall–Kier alpha value is -0.530. The Bertz CT molecular complexity index is 571. The Kier molecular flexibility index (Phi) is 5.89. The molecule has 0 aromatic carbocycles. The quantitative estimate of drug-likeness (QED) is 0.473. The van der Waals surface area contributed by atoms with Gasteiger partial charge in [0, 0.05) is 6.42 Å². The summed E-state index contributed by atoms with van der Waals surface area (Å²) in [6.07, 6.45) is 17.7. The summed E-state index contributed by atoms with van der Waals surface area (Å²) in [6, 6.07) is 0. The van der Waals surface area contributed by atoms with Crippen LogP contribution in [0.3, 0.4) is 0 Å². The lowest BCUT2D eigenvalue weighted by Gasteiger charge is -2.61. The number of methoxy groups -OCH3 is 1. The van der Waals surface area contributed by atoms with Crippen LogP contribution in [0.5, 0.6) is 0 Å². The summed E-state index contributed by atoms with van der Waals surface area (Å²) in [5, 5.41) is 0. The number of ether oxygens (including phenoxy) is 1. The molecule has 8 atom stereocenters. The third-order valence-electron chi connectivity index (χ3n) is 10.6. The van der Waals surface area contributed by atoms with Gasteiger partial charge in [0.15, 0.2) is 0 Å². The first kappa shape index (κ1) is 20.7. The van der Waals surface area contributed by atoms with Crippen LogP contribution in [0.2, 0.25) is 0 Å². The van der Waals surface area contributed by atoms with Crippen molar-refractivity contribution in [1.82, 2.24) is 0 Å². The minimum Gasteiger partial charge on any atom is -0.469 e. The van der Waals surface area contributed by atoms with E-state index in [9.17, 15) is 4.79 Å². The third kappa shape index (κ3) is 3.35. The van der Waals surface area contributed by atoms with Crippen LogP contribution in [0.25, 0.3) is 0 Å². The second-order valence-corrected chi connectivity index (χ2v) is 11.6. The van der Waals surface area contributed by atoms with Crippen LogP contribution < -0.4 is 0 Å². The molecule has 0 radical (unpaired) electrons. The molecule has 0 spiro atoms. The van der Waals surface area contributed by atoms with E-state index in [4.69, 9.17) is 4.74 Å². The van der Waals surface area contributed by atoms with E-state index in [1.165, 1.54) is 77.7 Å². The molecule has 0 saturated heterocycles. The number of carbonyl (C=O) groups is 1. The van der Waals surface area contributed by atoms with Crippen molar-refractivity contribution in [2.75, 3.05) is 7.11 Å². The highest BCUT2D eigenvalue weighted by Crippen LogP contribution is 2.68. The van der Waals surface area contributed by atoms with Gasteiger partial charge in [-0.25, -0.2) is 0 Å². The van der Waals surface area contributed by atoms with E-state index in [2.05, 4.69) is 20.8 Å². The van der Waals surface area contributed by atoms with Crippen molar-refractivity contribution in [2.45, 2.75) is 104 Å². The van der Waals surface area contributed by atoms with Gasteiger partial charge in [-0.1, -0.05) is 33.6 Å². The van der Waals surface area contributed by atoms with Crippen molar-refractivity contribution in [3.63, 3.8) is 0 Å². The Morgan fingerprint density at radius 2 is 1.75 bits per heavy atom. The Morgan fingerprint density at radius 3 is 2.54 bits per heavy atom. The number of hydrogen-bond donors (Lipinski definition) is 0. The van der Waals surface area contributed by atoms with Gasteiger partial charge < -0.3 is 4.74 Å². The molecule has 2 unspecified atom stereocenters. The van der Waals surface area contributed by atoms with Crippen molar-refractivity contribution in [3.8, 4) is 0 Å². The van der Waals surface area contributed by atoms with Crippen molar-refractivity contribution < 1.29 is 9.53 Å². The predicted octanol–water partition coefficient (Wildman–Crippen LogP) is 7.01. The van der Waals surface area contributed by atoms with E-state index in [0.717, 1.165) is 41.9 Å². The molecule has 0 aliphatic heterocycles. The largest absolute Gasteiger partial charge is 0.469 e. The number of rotatable bonds is 5. The highest BCUT2D eigenvalue weighted by Gasteiger charge is 2.59. The van der Waals surface area contributed by atoms with E-state index in [-0.39, 0.29) is 5.97 Å². The molecule has 4 aliphatic rings. The van der Waals surface area contributed by atoms with Gasteiger partial charge in [0.25, 0.3) is 0 Å². The molecular formula is C26H44O2. The lowest BCUT2D eigenvalue weighted by Crippen LogP contribution is -2.53. The summed E-state index contributed by atoms with van der Waals surface area (Å²) in [5.74, 6) is 5.59. The lowest BCUT2D eigenvalue weighted by molar-refractivity contribution is -0.140. The average molecular weight is 389 g/mol. The van der Waals surface area contributed by atoms with Gasteiger partial charge >= 0.3 is 5.97 Å². The first-order chi connectivity index (χ1) is 13.4. The number of carbonyl (C=O) groups excluding carboxylic acids is 1. The van der Waals surface area contributed by atoms with Crippen LogP contribution in [0, 0.1) is 46.3 Å². The molecule has 0 heterocycles. The number of hydrogen-bond acceptors (Lipinski definition) is 2. The van der Waals surface area contributed by atoms with Crippen molar-refractivity contribution >= 4 is 5.97 Å². The number of esters is 1. The van der Waals surface area contributed by atoms with Crippen LogP contribution in [-0.2, 0) is 9.53 Å². The van der Waals surface area contributed by atoms with Gasteiger partial charge in [0.2, 0.25) is 0 Å². The Labute approximate surface area is 173 Å². The maximum atomic E-state index is 11.5. The molecule has 160 valence electrons. The zero-order chi connectivity index (χ0) is 19.9. The summed E-state index contributed by atoms with van der Waals surface area (Å²) in [6.45, 7) is 7.83. The van der Waals surface area contributed by atoms with E-state index < -0.39 is 0 Å². The fourth-order valence-electron chi connectivity index (χ4n) is 9.14. The van der Waals surface area contributed by atoms with E-state index in [0.29, 0.717) is 17.3 Å². The molecule has 0 N–H and O–H groups in total. The van der Waals surface area contributed by atoms with Gasteiger partial charge in [0.05, 0.1) is 7.11 Å². The zero-order valence-corrected chi connectivity index (χ0v) is 19.0. The maximum Gasteiger partial charge on any atom is 0.305 e. The van der Waals surface area contributed by atoms with Crippen LogP contribution in [-0.4, -0.2) is 13.1 Å². The second-order valence-electron chi connectivity index (χ2n) is 11.6. The fourth-order valence-corrected chi connectivity index (χ4v) is 9.14. The fraction of sp³-hybridized carbons (Fsp3) is 0.962. The lowest BCUT2D eigenvalue weighted by atomic mass is 9.44. The first-order valence-electron chi connectivity index (χ1n) is 12.5. The van der Waals surface area contributed by atoms with Crippen LogP contribution in [0.15, 0.2) is 0 Å². The maximum absolute atomic E-state index is 11.5. The predicted molar refractivity (Wildman–Crippen MR) is 115 cm³/mol. The van der Waals surface area contributed by atoms with Gasteiger partial charge in [-0.05, 0) is 111 Å². The zero-order valence-electron chi connectivity index (χ0n) is 19.0. The third-order valence-corrected chi connectivity index (χ3v) is 10.6. The SMILES string of the molecule is COC(=O)CCCC(C)[C@H]1CC[C@H]2[C@@H]3CCC4CCCC[C@]4(C)[C@H]3CC[C@]12C. The van der Waals surface area contributed by atoms with Gasteiger partial charge in [-0.2, -0.15) is 0 Å². The smallest absolute Gasteiger partial charge is 0.305 e. The summed E-state index contributed by atoms with van der Waals surface area (Å²) in [4.78, 5) is 11.5. The summed E-state index contributed by atoms with van der Waals surface area (Å²) in [7, 11) is 1.51. The minimum atomic E-state index is -0.0410. The molecule has 4 saturated carbocycles. The molecule has 4 rings (SSSR count). The van der Waals surface area contributed by atoms with E-state index in [1.807, 2.05) is 0 Å². The van der Waals surface area contributed by atoms with Crippen LogP contribution >= 0.6 is 0 Å². The molecule has 0 amide bonds. The van der Waals surface area contributed by atoms with E-state index >= 15 is 0 Å². The van der Waals surface area contributed by atoms with E-state index in [1.54, 1.807) is 0 Å². The summed E-state index contributed by atoms with van der Waals surface area (Å²) >= 11 is 0. The molecule has 0 aromatic heterocycles.